The van der Waals surface area contributed by atoms with Crippen LogP contribution in [-0.2, 0) is 25.6 Å². The highest BCUT2D eigenvalue weighted by Crippen LogP contribution is 2.08. The molecule has 1 atom stereocenters. The molecule has 0 aromatic heterocycles. The summed E-state index contributed by atoms with van der Waals surface area (Å²) >= 11 is 0. The van der Waals surface area contributed by atoms with Crippen molar-refractivity contribution in [2.75, 3.05) is 20.2 Å². The molecule has 6 nitrogen and oxygen atoms in total. The van der Waals surface area contributed by atoms with Gasteiger partial charge in [0.05, 0.1) is 0 Å². The van der Waals surface area contributed by atoms with Crippen LogP contribution in [0.1, 0.15) is 26.3 Å². The summed E-state index contributed by atoms with van der Waals surface area (Å²) in [4.78, 5) is 24.7. The molecule has 0 fully saturated rings. The van der Waals surface area contributed by atoms with Crippen LogP contribution in [0.25, 0.3) is 0 Å². The second-order valence-electron chi connectivity index (χ2n) is 6.41. The van der Waals surface area contributed by atoms with Gasteiger partial charge in [0.2, 0.25) is 0 Å². The first-order valence-corrected chi connectivity index (χ1v) is 7.46. The van der Waals surface area contributed by atoms with Crippen LogP contribution in [-0.4, -0.2) is 53.8 Å². The van der Waals surface area contributed by atoms with E-state index >= 15 is 0 Å². The summed E-state index contributed by atoms with van der Waals surface area (Å²) < 4.78 is 10.3. The van der Waals surface area contributed by atoms with Gasteiger partial charge in [-0.25, -0.2) is 9.59 Å². The number of carbonyl (C=O) groups excluding carboxylic acids is 1. The summed E-state index contributed by atoms with van der Waals surface area (Å²) in [7, 11) is 1.81. The lowest BCUT2D eigenvalue weighted by molar-refractivity contribution is -0.167. The van der Waals surface area contributed by atoms with Crippen LogP contribution in [0.2, 0.25) is 0 Å². The maximum atomic E-state index is 11.6. The maximum Gasteiger partial charge on any atom is 0.334 e. The van der Waals surface area contributed by atoms with Crippen LogP contribution < -0.4 is 0 Å². The van der Waals surface area contributed by atoms with Gasteiger partial charge in [0, 0.05) is 13.1 Å². The first kappa shape index (κ1) is 19.1. The molecule has 128 valence electrons. The van der Waals surface area contributed by atoms with Gasteiger partial charge in [0.25, 0.3) is 0 Å². The number of benzene rings is 1. The van der Waals surface area contributed by atoms with E-state index in [1.165, 1.54) is 0 Å². The van der Waals surface area contributed by atoms with E-state index in [1.54, 1.807) is 27.8 Å². The van der Waals surface area contributed by atoms with Crippen LogP contribution in [0.3, 0.4) is 0 Å². The van der Waals surface area contributed by atoms with Gasteiger partial charge in [-0.05, 0) is 33.4 Å². The molecule has 1 rings (SSSR count). The normalized spacial score (nSPS) is 12.9. The molecule has 1 N–H and O–H groups in total. The number of hydrogen-bond acceptors (Lipinski definition) is 5. The van der Waals surface area contributed by atoms with Crippen molar-refractivity contribution in [1.29, 1.82) is 0 Å². The number of carboxylic acid groups (broad SMARTS) is 1. The zero-order chi connectivity index (χ0) is 17.5. The quantitative estimate of drug-likeness (QED) is 0.737. The molecule has 0 bridgehead atoms. The number of carboxylic acids is 1. The third-order valence-corrected chi connectivity index (χ3v) is 2.87. The van der Waals surface area contributed by atoms with Gasteiger partial charge in [0.15, 0.2) is 6.10 Å². The Kier molecular flexibility index (Phi) is 7.19. The van der Waals surface area contributed by atoms with Crippen molar-refractivity contribution >= 4 is 11.9 Å². The minimum absolute atomic E-state index is 0.174. The Morgan fingerprint density at radius 2 is 1.83 bits per heavy atom. The molecule has 0 amide bonds. The van der Waals surface area contributed by atoms with E-state index < -0.39 is 23.6 Å². The third-order valence-electron chi connectivity index (χ3n) is 2.87. The highest BCUT2D eigenvalue weighted by atomic mass is 16.6. The number of hydrogen-bond donors (Lipinski definition) is 1. The van der Waals surface area contributed by atoms with Crippen molar-refractivity contribution in [2.24, 2.45) is 0 Å². The average Bonchev–Trinajstić information content (AvgIpc) is 2.42. The number of nitrogens with zero attached hydrogens (tertiary/aromatic N) is 1. The van der Waals surface area contributed by atoms with Gasteiger partial charge in [0.1, 0.15) is 12.2 Å². The predicted molar refractivity (Wildman–Crippen MR) is 86.0 cm³/mol. The van der Waals surface area contributed by atoms with Crippen molar-refractivity contribution in [3.05, 3.63) is 35.9 Å². The Balaban J connectivity index is 2.48. The van der Waals surface area contributed by atoms with Crippen LogP contribution >= 0.6 is 0 Å². The van der Waals surface area contributed by atoms with E-state index in [-0.39, 0.29) is 13.2 Å². The Morgan fingerprint density at radius 3 is 2.35 bits per heavy atom. The van der Waals surface area contributed by atoms with E-state index in [4.69, 9.17) is 9.47 Å². The monoisotopic (exact) mass is 323 g/mol. The molecule has 0 saturated heterocycles. The lowest BCUT2D eigenvalue weighted by Crippen LogP contribution is -2.38. The zero-order valence-electron chi connectivity index (χ0n) is 14.1. The number of carbonyl (C=O) groups is 2. The van der Waals surface area contributed by atoms with Gasteiger partial charge in [-0.15, -0.1) is 0 Å². The number of likely N-dealkylation sites (N-methyl/N-ethyl adjacent to an activating group) is 1. The fourth-order valence-electron chi connectivity index (χ4n) is 1.98. The Labute approximate surface area is 137 Å². The van der Waals surface area contributed by atoms with Crippen LogP contribution in [0.4, 0.5) is 0 Å². The first-order chi connectivity index (χ1) is 10.7. The van der Waals surface area contributed by atoms with E-state index in [0.29, 0.717) is 6.54 Å². The van der Waals surface area contributed by atoms with E-state index in [1.807, 2.05) is 35.2 Å². The Hall–Kier alpha value is -1.92. The largest absolute Gasteiger partial charge is 0.479 e. The fraction of sp³-hybridized carbons (Fsp3) is 0.529. The molecule has 6 heteroatoms. The highest BCUT2D eigenvalue weighted by molar-refractivity contribution is 5.74. The second kappa shape index (κ2) is 8.64. The zero-order valence-corrected chi connectivity index (χ0v) is 14.1. The predicted octanol–water partition coefficient (Wildman–Crippen LogP) is 1.93. The van der Waals surface area contributed by atoms with Crippen LogP contribution in [0, 0.1) is 0 Å². The molecule has 1 aromatic rings. The molecule has 1 aromatic carbocycles. The summed E-state index contributed by atoms with van der Waals surface area (Å²) in [6.45, 7) is 5.62. The molecule has 0 aliphatic rings. The first-order valence-electron chi connectivity index (χ1n) is 7.46. The molecule has 0 aliphatic heterocycles. The molecule has 0 unspecified atom stereocenters. The molecule has 0 radical (unpaired) electrons. The topological polar surface area (TPSA) is 76.1 Å². The SMILES string of the molecule is CN(Cc1ccccc1)C[C@@H](OCC(=O)OC(C)(C)C)C(=O)O. The summed E-state index contributed by atoms with van der Waals surface area (Å²) in [6, 6.07) is 9.71. The summed E-state index contributed by atoms with van der Waals surface area (Å²) in [6.07, 6.45) is -1.09. The van der Waals surface area contributed by atoms with Crippen molar-refractivity contribution in [2.45, 2.75) is 39.0 Å². The van der Waals surface area contributed by atoms with Gasteiger partial charge in [-0.1, -0.05) is 30.3 Å². The molecule has 0 spiro atoms. The Bertz CT molecular complexity index is 509. The smallest absolute Gasteiger partial charge is 0.334 e. The average molecular weight is 323 g/mol. The summed E-state index contributed by atoms with van der Waals surface area (Å²) in [5.74, 6) is -1.68. The maximum absolute atomic E-state index is 11.6. The minimum Gasteiger partial charge on any atom is -0.479 e. The van der Waals surface area contributed by atoms with Gasteiger partial charge in [-0.3, -0.25) is 4.90 Å². The number of aliphatic carboxylic acids is 1. The molecule has 0 heterocycles. The number of rotatable bonds is 8. The number of esters is 1. The fourth-order valence-corrected chi connectivity index (χ4v) is 1.98. The Morgan fingerprint density at radius 1 is 1.22 bits per heavy atom. The molecule has 0 aliphatic carbocycles. The lowest BCUT2D eigenvalue weighted by Gasteiger charge is -2.23. The van der Waals surface area contributed by atoms with Gasteiger partial charge < -0.3 is 14.6 Å². The molecule has 0 saturated carbocycles. The molecular formula is C17H25NO5. The van der Waals surface area contributed by atoms with E-state index in [0.717, 1.165) is 5.56 Å². The minimum atomic E-state index is -1.10. The van der Waals surface area contributed by atoms with Crippen molar-refractivity contribution in [1.82, 2.24) is 4.90 Å². The summed E-state index contributed by atoms with van der Waals surface area (Å²) in [5, 5.41) is 9.23. The summed E-state index contributed by atoms with van der Waals surface area (Å²) in [5.41, 5.74) is 0.453. The standard InChI is InChI=1S/C17H25NO5/c1-17(2,3)23-15(19)12-22-14(16(20)21)11-18(4)10-13-8-6-5-7-9-13/h5-9,14H,10-12H2,1-4H3,(H,20,21)/t14-/m1/s1. The number of ether oxygens (including phenoxy) is 2. The van der Waals surface area contributed by atoms with Crippen molar-refractivity contribution in [3.63, 3.8) is 0 Å². The van der Waals surface area contributed by atoms with Crippen molar-refractivity contribution < 1.29 is 24.2 Å². The molecular weight excluding hydrogens is 298 g/mol. The van der Waals surface area contributed by atoms with Crippen molar-refractivity contribution in [3.8, 4) is 0 Å². The molecule has 23 heavy (non-hydrogen) atoms. The van der Waals surface area contributed by atoms with Crippen LogP contribution in [0.15, 0.2) is 30.3 Å². The van der Waals surface area contributed by atoms with Gasteiger partial charge in [-0.2, -0.15) is 0 Å². The van der Waals surface area contributed by atoms with Gasteiger partial charge >= 0.3 is 11.9 Å². The van der Waals surface area contributed by atoms with Crippen LogP contribution in [0.5, 0.6) is 0 Å². The van der Waals surface area contributed by atoms with E-state index in [2.05, 4.69) is 0 Å². The second-order valence-corrected chi connectivity index (χ2v) is 6.41. The highest BCUT2D eigenvalue weighted by Gasteiger charge is 2.23. The third kappa shape index (κ3) is 8.32. The lowest BCUT2D eigenvalue weighted by atomic mass is 10.2. The van der Waals surface area contributed by atoms with E-state index in [9.17, 15) is 14.7 Å².